The highest BCUT2D eigenvalue weighted by atomic mass is 19.1. The summed E-state index contributed by atoms with van der Waals surface area (Å²) in [7, 11) is 0. The summed E-state index contributed by atoms with van der Waals surface area (Å²) in [4.78, 5) is 11.1. The van der Waals surface area contributed by atoms with Gasteiger partial charge in [-0.2, -0.15) is 0 Å². The number of anilines is 1. The fourth-order valence-corrected chi connectivity index (χ4v) is 1.25. The van der Waals surface area contributed by atoms with Crippen molar-refractivity contribution in [3.63, 3.8) is 0 Å². The highest BCUT2D eigenvalue weighted by Gasteiger charge is 2.07. The molecule has 0 aromatic heterocycles. The molecule has 0 aliphatic rings. The van der Waals surface area contributed by atoms with Gasteiger partial charge in [0.05, 0.1) is 0 Å². The van der Waals surface area contributed by atoms with Crippen LogP contribution in [-0.4, -0.2) is 19.0 Å². The molecule has 0 saturated carbocycles. The van der Waals surface area contributed by atoms with Gasteiger partial charge >= 0.3 is 0 Å². The Bertz CT molecular complexity index is 349. The lowest BCUT2D eigenvalue weighted by molar-refractivity contribution is -0.120. The normalized spacial score (nSPS) is 9.94. The third-order valence-electron chi connectivity index (χ3n) is 1.99. The molecule has 5 heteroatoms. The predicted octanol–water partition coefficient (Wildman–Crippen LogP) is 1.90. The minimum Gasteiger partial charge on any atom is -0.380 e. The third kappa shape index (κ3) is 3.49. The molecule has 88 valence electrons. The summed E-state index contributed by atoms with van der Waals surface area (Å²) in [6, 6.07) is 3.62. The standard InChI is InChI=1S/C11H14F2N2O/c1-2-14-10(16)6-7-15-11-8(12)4-3-5-9(11)13/h3-5,15H,2,6-7H2,1H3,(H,14,16). The molecule has 1 rings (SSSR count). The molecule has 0 aliphatic heterocycles. The first-order valence-corrected chi connectivity index (χ1v) is 5.09. The minimum absolute atomic E-state index is 0.147. The van der Waals surface area contributed by atoms with Crippen LogP contribution in [0.4, 0.5) is 14.5 Å². The van der Waals surface area contributed by atoms with E-state index in [1.54, 1.807) is 0 Å². The van der Waals surface area contributed by atoms with Crippen molar-refractivity contribution in [1.29, 1.82) is 0 Å². The lowest BCUT2D eigenvalue weighted by Crippen LogP contribution is -2.25. The average Bonchev–Trinajstić information content (AvgIpc) is 2.23. The molecule has 0 radical (unpaired) electrons. The van der Waals surface area contributed by atoms with Crippen LogP contribution in [-0.2, 0) is 4.79 Å². The molecule has 1 aromatic rings. The van der Waals surface area contributed by atoms with E-state index >= 15 is 0 Å². The van der Waals surface area contributed by atoms with E-state index in [2.05, 4.69) is 10.6 Å². The van der Waals surface area contributed by atoms with Crippen LogP contribution in [0.2, 0.25) is 0 Å². The van der Waals surface area contributed by atoms with Crippen LogP contribution in [0.15, 0.2) is 18.2 Å². The summed E-state index contributed by atoms with van der Waals surface area (Å²) in [5.41, 5.74) is -0.188. The first kappa shape index (κ1) is 12.4. The van der Waals surface area contributed by atoms with Crippen molar-refractivity contribution in [2.45, 2.75) is 13.3 Å². The zero-order chi connectivity index (χ0) is 12.0. The van der Waals surface area contributed by atoms with Gasteiger partial charge in [-0.25, -0.2) is 8.78 Å². The molecule has 0 aliphatic carbocycles. The number of carbonyl (C=O) groups is 1. The number of hydrogen-bond donors (Lipinski definition) is 2. The Morgan fingerprint density at radius 3 is 2.50 bits per heavy atom. The quantitative estimate of drug-likeness (QED) is 0.808. The Balaban J connectivity index is 2.46. The van der Waals surface area contributed by atoms with Crippen LogP contribution in [0, 0.1) is 11.6 Å². The van der Waals surface area contributed by atoms with Crippen molar-refractivity contribution in [2.24, 2.45) is 0 Å². The van der Waals surface area contributed by atoms with Gasteiger partial charge in [0.2, 0.25) is 5.91 Å². The molecule has 1 aromatic carbocycles. The van der Waals surface area contributed by atoms with Gasteiger partial charge in [0.1, 0.15) is 17.3 Å². The van der Waals surface area contributed by atoms with E-state index in [4.69, 9.17) is 0 Å². The molecule has 0 bridgehead atoms. The number of hydrogen-bond acceptors (Lipinski definition) is 2. The second kappa shape index (κ2) is 6.05. The topological polar surface area (TPSA) is 41.1 Å². The molecule has 3 nitrogen and oxygen atoms in total. The average molecular weight is 228 g/mol. The zero-order valence-electron chi connectivity index (χ0n) is 9.02. The van der Waals surface area contributed by atoms with Crippen LogP contribution in [0.1, 0.15) is 13.3 Å². The maximum atomic E-state index is 13.1. The Labute approximate surface area is 92.8 Å². The molecule has 2 N–H and O–H groups in total. The van der Waals surface area contributed by atoms with Crippen LogP contribution in [0.3, 0.4) is 0 Å². The van der Waals surface area contributed by atoms with Gasteiger partial charge in [-0.05, 0) is 19.1 Å². The molecular formula is C11H14F2N2O. The smallest absolute Gasteiger partial charge is 0.221 e. The highest BCUT2D eigenvalue weighted by Crippen LogP contribution is 2.17. The van der Waals surface area contributed by atoms with Crippen LogP contribution in [0.25, 0.3) is 0 Å². The monoisotopic (exact) mass is 228 g/mol. The summed E-state index contributed by atoms with van der Waals surface area (Å²) < 4.78 is 26.2. The molecule has 16 heavy (non-hydrogen) atoms. The predicted molar refractivity (Wildman–Crippen MR) is 58.1 cm³/mol. The van der Waals surface area contributed by atoms with Crippen LogP contribution < -0.4 is 10.6 Å². The molecule has 0 saturated heterocycles. The van der Waals surface area contributed by atoms with Crippen molar-refractivity contribution in [1.82, 2.24) is 5.32 Å². The summed E-state index contributed by atoms with van der Waals surface area (Å²) >= 11 is 0. The van der Waals surface area contributed by atoms with Gasteiger partial charge in [0, 0.05) is 19.5 Å². The lowest BCUT2D eigenvalue weighted by atomic mass is 10.3. The molecule has 0 atom stereocenters. The van der Waals surface area contributed by atoms with Gasteiger partial charge in [0.25, 0.3) is 0 Å². The van der Waals surface area contributed by atoms with E-state index in [1.807, 2.05) is 6.92 Å². The third-order valence-corrected chi connectivity index (χ3v) is 1.99. The number of carbonyl (C=O) groups excluding carboxylic acids is 1. The van der Waals surface area contributed by atoms with Crippen molar-refractivity contribution in [3.8, 4) is 0 Å². The maximum absolute atomic E-state index is 13.1. The van der Waals surface area contributed by atoms with E-state index in [1.165, 1.54) is 6.07 Å². The Morgan fingerprint density at radius 1 is 1.31 bits per heavy atom. The van der Waals surface area contributed by atoms with Crippen LogP contribution in [0.5, 0.6) is 0 Å². The molecule has 0 fully saturated rings. The number of para-hydroxylation sites is 1. The fourth-order valence-electron chi connectivity index (χ4n) is 1.25. The molecule has 0 heterocycles. The minimum atomic E-state index is -0.657. The first-order valence-electron chi connectivity index (χ1n) is 5.09. The van der Waals surface area contributed by atoms with E-state index < -0.39 is 11.6 Å². The first-order chi connectivity index (χ1) is 7.65. The van der Waals surface area contributed by atoms with Crippen LogP contribution >= 0.6 is 0 Å². The Morgan fingerprint density at radius 2 is 1.94 bits per heavy atom. The maximum Gasteiger partial charge on any atom is 0.221 e. The second-order valence-electron chi connectivity index (χ2n) is 3.23. The van der Waals surface area contributed by atoms with Crippen molar-refractivity contribution in [3.05, 3.63) is 29.8 Å². The number of halogens is 2. The van der Waals surface area contributed by atoms with Gasteiger partial charge < -0.3 is 10.6 Å². The Kier molecular flexibility index (Phi) is 4.69. The van der Waals surface area contributed by atoms with Gasteiger partial charge in [-0.15, -0.1) is 0 Å². The van der Waals surface area contributed by atoms with Gasteiger partial charge in [-0.3, -0.25) is 4.79 Å². The second-order valence-corrected chi connectivity index (χ2v) is 3.23. The number of amides is 1. The fraction of sp³-hybridized carbons (Fsp3) is 0.364. The number of benzene rings is 1. The summed E-state index contributed by atoms with van der Waals surface area (Å²) in [5, 5.41) is 5.15. The van der Waals surface area contributed by atoms with E-state index in [9.17, 15) is 13.6 Å². The van der Waals surface area contributed by atoms with E-state index in [-0.39, 0.29) is 24.6 Å². The van der Waals surface area contributed by atoms with E-state index in [0.717, 1.165) is 12.1 Å². The highest BCUT2D eigenvalue weighted by molar-refractivity contribution is 5.76. The molecule has 1 amide bonds. The molecular weight excluding hydrogens is 214 g/mol. The summed E-state index contributed by atoms with van der Waals surface area (Å²) in [5.74, 6) is -1.46. The number of rotatable bonds is 5. The Hall–Kier alpha value is -1.65. The molecule has 0 spiro atoms. The van der Waals surface area contributed by atoms with Gasteiger partial charge in [-0.1, -0.05) is 6.07 Å². The zero-order valence-corrected chi connectivity index (χ0v) is 9.02. The SMILES string of the molecule is CCNC(=O)CCNc1c(F)cccc1F. The molecule has 0 unspecified atom stereocenters. The number of nitrogens with one attached hydrogen (secondary N) is 2. The summed E-state index contributed by atoms with van der Waals surface area (Å²) in [6.45, 7) is 2.55. The lowest BCUT2D eigenvalue weighted by Gasteiger charge is -2.08. The van der Waals surface area contributed by atoms with Crippen molar-refractivity contribution in [2.75, 3.05) is 18.4 Å². The van der Waals surface area contributed by atoms with Gasteiger partial charge in [0.15, 0.2) is 0 Å². The van der Waals surface area contributed by atoms with Crippen molar-refractivity contribution >= 4 is 11.6 Å². The largest absolute Gasteiger partial charge is 0.380 e. The summed E-state index contributed by atoms with van der Waals surface area (Å²) in [6.07, 6.45) is 0.182. The van der Waals surface area contributed by atoms with E-state index in [0.29, 0.717) is 6.54 Å². The van der Waals surface area contributed by atoms with Crippen molar-refractivity contribution < 1.29 is 13.6 Å².